The molecule has 3 nitrogen and oxygen atoms in total. The van der Waals surface area contributed by atoms with Crippen molar-refractivity contribution in [1.29, 1.82) is 0 Å². The zero-order chi connectivity index (χ0) is 13.1. The largest absolute Gasteiger partial charge is 0.497 e. The van der Waals surface area contributed by atoms with Gasteiger partial charge in [0.15, 0.2) is 0 Å². The number of hydrogen-bond acceptors (Lipinski definition) is 3. The van der Waals surface area contributed by atoms with E-state index >= 15 is 0 Å². The molecule has 1 atom stereocenters. The number of nitrogens with two attached hydrogens (primary N) is 2. The lowest BCUT2D eigenvalue weighted by Gasteiger charge is -2.27. The van der Waals surface area contributed by atoms with Crippen LogP contribution < -0.4 is 16.2 Å². The number of rotatable bonds is 5. The summed E-state index contributed by atoms with van der Waals surface area (Å²) in [5.74, 6) is 0.740. The molecular weight excluding hydrogens is 236 g/mol. The number of ether oxygens (including phenoxy) is 1. The quantitative estimate of drug-likeness (QED) is 0.852. The van der Waals surface area contributed by atoms with Crippen LogP contribution in [0.25, 0.3) is 0 Å². The van der Waals surface area contributed by atoms with Crippen LogP contribution in [0.1, 0.15) is 31.9 Å². The van der Waals surface area contributed by atoms with Crippen LogP contribution in [0, 0.1) is 5.41 Å². The van der Waals surface area contributed by atoms with E-state index in [0.29, 0.717) is 11.6 Å². The van der Waals surface area contributed by atoms with Gasteiger partial charge in [-0.2, -0.15) is 0 Å². The molecule has 0 saturated heterocycles. The van der Waals surface area contributed by atoms with Crippen LogP contribution in [-0.2, 0) is 0 Å². The molecule has 0 saturated carbocycles. The van der Waals surface area contributed by atoms with Crippen LogP contribution in [0.5, 0.6) is 5.75 Å². The van der Waals surface area contributed by atoms with Gasteiger partial charge in [-0.25, -0.2) is 0 Å². The predicted octanol–water partition coefficient (Wildman–Crippen LogP) is 2.72. The Morgan fingerprint density at radius 2 is 2.06 bits per heavy atom. The van der Waals surface area contributed by atoms with Crippen molar-refractivity contribution < 1.29 is 4.74 Å². The van der Waals surface area contributed by atoms with E-state index in [1.165, 1.54) is 0 Å². The summed E-state index contributed by atoms with van der Waals surface area (Å²) < 4.78 is 5.11. The summed E-state index contributed by atoms with van der Waals surface area (Å²) in [4.78, 5) is 0. The van der Waals surface area contributed by atoms with Crippen LogP contribution in [0.4, 0.5) is 0 Å². The zero-order valence-electron chi connectivity index (χ0n) is 10.7. The van der Waals surface area contributed by atoms with Gasteiger partial charge in [-0.15, -0.1) is 0 Å². The summed E-state index contributed by atoms with van der Waals surface area (Å²) in [6.07, 6.45) is 0.801. The van der Waals surface area contributed by atoms with Crippen molar-refractivity contribution in [2.75, 3.05) is 13.7 Å². The maximum atomic E-state index is 6.18. The molecule has 17 heavy (non-hydrogen) atoms. The van der Waals surface area contributed by atoms with E-state index in [1.54, 1.807) is 13.2 Å². The van der Waals surface area contributed by atoms with E-state index in [1.807, 2.05) is 12.1 Å². The Morgan fingerprint density at radius 3 is 2.53 bits per heavy atom. The minimum absolute atomic E-state index is 0.0165. The smallest absolute Gasteiger partial charge is 0.120 e. The third-order valence-electron chi connectivity index (χ3n) is 2.93. The Morgan fingerprint density at radius 1 is 1.41 bits per heavy atom. The van der Waals surface area contributed by atoms with E-state index in [9.17, 15) is 0 Å². The van der Waals surface area contributed by atoms with Gasteiger partial charge >= 0.3 is 0 Å². The van der Waals surface area contributed by atoms with Crippen LogP contribution in [0.2, 0.25) is 5.02 Å². The Hall–Kier alpha value is -0.770. The van der Waals surface area contributed by atoms with Gasteiger partial charge in [-0.1, -0.05) is 31.5 Å². The Labute approximate surface area is 108 Å². The van der Waals surface area contributed by atoms with Crippen molar-refractivity contribution in [2.45, 2.75) is 26.3 Å². The van der Waals surface area contributed by atoms with E-state index in [2.05, 4.69) is 13.8 Å². The topological polar surface area (TPSA) is 61.3 Å². The second-order valence-electron chi connectivity index (χ2n) is 5.07. The molecule has 0 radical (unpaired) electrons. The highest BCUT2D eigenvalue weighted by atomic mass is 35.5. The molecule has 1 aromatic rings. The van der Waals surface area contributed by atoms with Gasteiger partial charge in [0.1, 0.15) is 5.75 Å². The molecule has 1 rings (SSSR count). The monoisotopic (exact) mass is 256 g/mol. The van der Waals surface area contributed by atoms with Gasteiger partial charge in [0, 0.05) is 11.1 Å². The molecule has 1 aromatic carbocycles. The highest BCUT2D eigenvalue weighted by molar-refractivity contribution is 6.31. The summed E-state index contributed by atoms with van der Waals surface area (Å²) in [6, 6.07) is 5.47. The first-order chi connectivity index (χ1) is 7.89. The fourth-order valence-electron chi connectivity index (χ4n) is 1.72. The minimum atomic E-state index is -0.105. The summed E-state index contributed by atoms with van der Waals surface area (Å²) in [5, 5.41) is 0.643. The minimum Gasteiger partial charge on any atom is -0.497 e. The van der Waals surface area contributed by atoms with Crippen LogP contribution >= 0.6 is 11.6 Å². The van der Waals surface area contributed by atoms with E-state index in [4.69, 9.17) is 27.8 Å². The molecule has 0 aliphatic heterocycles. The van der Waals surface area contributed by atoms with Gasteiger partial charge in [-0.3, -0.25) is 0 Å². The van der Waals surface area contributed by atoms with Gasteiger partial charge < -0.3 is 16.2 Å². The van der Waals surface area contributed by atoms with Gasteiger partial charge in [0.25, 0.3) is 0 Å². The highest BCUT2D eigenvalue weighted by Crippen LogP contribution is 2.32. The SMILES string of the molecule is COc1ccc(C(N)CC(C)(C)CN)c(Cl)c1. The summed E-state index contributed by atoms with van der Waals surface area (Å²) in [5.41, 5.74) is 12.8. The van der Waals surface area contributed by atoms with Crippen molar-refractivity contribution in [1.82, 2.24) is 0 Å². The lowest BCUT2D eigenvalue weighted by atomic mass is 9.84. The number of hydrogen-bond donors (Lipinski definition) is 2. The van der Waals surface area contributed by atoms with Gasteiger partial charge in [0.05, 0.1) is 7.11 Å². The summed E-state index contributed by atoms with van der Waals surface area (Å²) in [7, 11) is 1.61. The van der Waals surface area contributed by atoms with Crippen molar-refractivity contribution in [3.05, 3.63) is 28.8 Å². The molecular formula is C13H21ClN2O. The normalized spacial score (nSPS) is 13.5. The molecule has 0 spiro atoms. The first kappa shape index (κ1) is 14.3. The third-order valence-corrected chi connectivity index (χ3v) is 3.26. The maximum absolute atomic E-state index is 6.18. The highest BCUT2D eigenvalue weighted by Gasteiger charge is 2.22. The van der Waals surface area contributed by atoms with E-state index in [0.717, 1.165) is 17.7 Å². The first-order valence-corrected chi connectivity index (χ1v) is 6.06. The lowest BCUT2D eigenvalue weighted by Crippen LogP contribution is -2.28. The molecule has 0 aliphatic rings. The van der Waals surface area contributed by atoms with Crippen molar-refractivity contribution in [3.63, 3.8) is 0 Å². The maximum Gasteiger partial charge on any atom is 0.120 e. The molecule has 0 aromatic heterocycles. The number of benzene rings is 1. The van der Waals surface area contributed by atoms with E-state index < -0.39 is 0 Å². The molecule has 0 amide bonds. The standard InChI is InChI=1S/C13H21ClN2O/c1-13(2,8-15)7-12(16)10-5-4-9(17-3)6-11(10)14/h4-6,12H,7-8,15-16H2,1-3H3. The second kappa shape index (κ2) is 5.71. The zero-order valence-corrected chi connectivity index (χ0v) is 11.4. The fourth-order valence-corrected chi connectivity index (χ4v) is 2.03. The van der Waals surface area contributed by atoms with Crippen LogP contribution in [-0.4, -0.2) is 13.7 Å². The third kappa shape index (κ3) is 3.87. The van der Waals surface area contributed by atoms with Crippen molar-refractivity contribution in [3.8, 4) is 5.75 Å². The van der Waals surface area contributed by atoms with Crippen LogP contribution in [0.3, 0.4) is 0 Å². The van der Waals surface area contributed by atoms with E-state index in [-0.39, 0.29) is 11.5 Å². The second-order valence-corrected chi connectivity index (χ2v) is 5.47. The molecule has 4 N–H and O–H groups in total. The number of halogens is 1. The molecule has 1 unspecified atom stereocenters. The van der Waals surface area contributed by atoms with Crippen molar-refractivity contribution >= 4 is 11.6 Å². The molecule has 96 valence electrons. The van der Waals surface area contributed by atoms with Gasteiger partial charge in [0.2, 0.25) is 0 Å². The molecule has 0 fully saturated rings. The average molecular weight is 257 g/mol. The Balaban J connectivity index is 2.86. The Kier molecular flexibility index (Phi) is 4.80. The average Bonchev–Trinajstić information content (AvgIpc) is 2.28. The predicted molar refractivity (Wildman–Crippen MR) is 72.4 cm³/mol. The Bertz CT molecular complexity index is 380. The summed E-state index contributed by atoms with van der Waals surface area (Å²) >= 11 is 6.18. The molecule has 4 heteroatoms. The molecule has 0 aliphatic carbocycles. The van der Waals surface area contributed by atoms with Crippen LogP contribution in [0.15, 0.2) is 18.2 Å². The first-order valence-electron chi connectivity index (χ1n) is 5.69. The van der Waals surface area contributed by atoms with Crippen molar-refractivity contribution in [2.24, 2.45) is 16.9 Å². The van der Waals surface area contributed by atoms with Gasteiger partial charge in [-0.05, 0) is 36.1 Å². The lowest BCUT2D eigenvalue weighted by molar-refractivity contribution is 0.317. The number of methoxy groups -OCH3 is 1. The summed E-state index contributed by atoms with van der Waals surface area (Å²) in [6.45, 7) is 4.81. The molecule has 0 heterocycles. The molecule has 0 bridgehead atoms. The fraction of sp³-hybridized carbons (Fsp3) is 0.538.